The van der Waals surface area contributed by atoms with Crippen molar-refractivity contribution < 1.29 is 4.39 Å². The zero-order chi connectivity index (χ0) is 25.2. The molecule has 1 aromatic heterocycles. The minimum absolute atomic E-state index is 0.297. The van der Waals surface area contributed by atoms with Crippen molar-refractivity contribution in [3.63, 3.8) is 0 Å². The summed E-state index contributed by atoms with van der Waals surface area (Å²) >= 11 is 6.25. The maximum Gasteiger partial charge on any atom is 0.138 e. The molecule has 0 bridgehead atoms. The second-order valence-corrected chi connectivity index (χ2v) is 9.33. The molecule has 2 nitrogen and oxygen atoms in total. The van der Waals surface area contributed by atoms with Gasteiger partial charge in [0.15, 0.2) is 0 Å². The van der Waals surface area contributed by atoms with Gasteiger partial charge in [0.05, 0.1) is 5.52 Å². The van der Waals surface area contributed by atoms with E-state index in [0.29, 0.717) is 11.6 Å². The van der Waals surface area contributed by atoms with E-state index in [-0.39, 0.29) is 5.82 Å². The first-order chi connectivity index (χ1) is 18.2. The quantitative estimate of drug-likeness (QED) is 0.165. The molecule has 0 aliphatic rings. The van der Waals surface area contributed by atoms with E-state index in [0.717, 1.165) is 38.7 Å². The van der Waals surface area contributed by atoms with Gasteiger partial charge in [-0.3, -0.25) is 0 Å². The van der Waals surface area contributed by atoms with Crippen LogP contribution in [0.3, 0.4) is 0 Å². The molecule has 0 aliphatic heterocycles. The molecule has 0 saturated heterocycles. The minimum atomic E-state index is -0.782. The van der Waals surface area contributed by atoms with Crippen molar-refractivity contribution in [2.45, 2.75) is 11.4 Å². The average molecular weight is 503 g/mol. The lowest BCUT2D eigenvalue weighted by atomic mass is 9.77. The summed E-state index contributed by atoms with van der Waals surface area (Å²) in [5, 5.41) is 6.21. The summed E-state index contributed by atoms with van der Waals surface area (Å²) < 4.78 is 16.5. The average Bonchev–Trinajstić information content (AvgIpc) is 3.34. The minimum Gasteiger partial charge on any atom is -0.245 e. The summed E-state index contributed by atoms with van der Waals surface area (Å²) in [5.41, 5.74) is 5.79. The standard InChI is InChI=1S/C33H24ClFN2/c34-23-24-19-20-31-30(21-24)32(25-11-10-18-29(35)22-25)36-37(31)33(26-12-4-1-5-13-26,27-14-6-2-7-15-27)28-16-8-3-9-17-28/h1-22H,23H2. The van der Waals surface area contributed by atoms with Gasteiger partial charge in [0.1, 0.15) is 17.1 Å². The number of fused-ring (bicyclic) bond motifs is 1. The largest absolute Gasteiger partial charge is 0.245 e. The van der Waals surface area contributed by atoms with Crippen molar-refractivity contribution in [1.82, 2.24) is 9.78 Å². The van der Waals surface area contributed by atoms with Crippen LogP contribution in [0.15, 0.2) is 133 Å². The van der Waals surface area contributed by atoms with Crippen molar-refractivity contribution in [1.29, 1.82) is 0 Å². The number of hydrogen-bond donors (Lipinski definition) is 0. The van der Waals surface area contributed by atoms with Crippen LogP contribution in [0, 0.1) is 5.82 Å². The Hall–Kier alpha value is -4.21. The molecule has 0 aliphatic carbocycles. The summed E-state index contributed by atoms with van der Waals surface area (Å²) in [7, 11) is 0. The van der Waals surface area contributed by atoms with E-state index >= 15 is 0 Å². The first-order valence-corrected chi connectivity index (χ1v) is 12.8. The second-order valence-electron chi connectivity index (χ2n) is 9.06. The fourth-order valence-electron chi connectivity index (χ4n) is 5.26. The Kier molecular flexibility index (Phi) is 6.07. The summed E-state index contributed by atoms with van der Waals surface area (Å²) in [6, 6.07) is 44.1. The van der Waals surface area contributed by atoms with Gasteiger partial charge in [0.25, 0.3) is 0 Å². The van der Waals surface area contributed by atoms with E-state index in [1.54, 1.807) is 6.07 Å². The van der Waals surface area contributed by atoms with E-state index in [1.165, 1.54) is 12.1 Å². The maximum atomic E-state index is 14.4. The lowest BCUT2D eigenvalue weighted by molar-refractivity contribution is 0.477. The van der Waals surface area contributed by atoms with Crippen LogP contribution in [-0.2, 0) is 11.4 Å². The normalized spacial score (nSPS) is 11.6. The van der Waals surface area contributed by atoms with Gasteiger partial charge in [-0.1, -0.05) is 109 Å². The predicted molar refractivity (Wildman–Crippen MR) is 149 cm³/mol. The first-order valence-electron chi connectivity index (χ1n) is 12.2. The van der Waals surface area contributed by atoms with Crippen LogP contribution >= 0.6 is 11.6 Å². The molecular formula is C33H24ClFN2. The van der Waals surface area contributed by atoms with Gasteiger partial charge in [-0.05, 0) is 46.5 Å². The number of halogens is 2. The van der Waals surface area contributed by atoms with Gasteiger partial charge in [0, 0.05) is 16.8 Å². The Morgan fingerprint density at radius 2 is 1.22 bits per heavy atom. The number of aromatic nitrogens is 2. The Balaban J connectivity index is 1.79. The van der Waals surface area contributed by atoms with Crippen molar-refractivity contribution in [3.05, 3.63) is 162 Å². The third-order valence-electron chi connectivity index (χ3n) is 6.89. The predicted octanol–water partition coefficient (Wildman–Crippen LogP) is 8.42. The first kappa shape index (κ1) is 23.2. The third kappa shape index (κ3) is 3.92. The smallest absolute Gasteiger partial charge is 0.138 e. The molecule has 6 rings (SSSR count). The van der Waals surface area contributed by atoms with Crippen LogP contribution in [0.25, 0.3) is 22.2 Å². The molecule has 0 spiro atoms. The van der Waals surface area contributed by atoms with Crippen molar-refractivity contribution >= 4 is 22.5 Å². The molecule has 1 heterocycles. The topological polar surface area (TPSA) is 17.8 Å². The summed E-state index contributed by atoms with van der Waals surface area (Å²) in [5.74, 6) is 0.0828. The van der Waals surface area contributed by atoms with Gasteiger partial charge in [0.2, 0.25) is 0 Å². The molecule has 0 radical (unpaired) electrons. The second kappa shape index (κ2) is 9.68. The molecule has 0 saturated carbocycles. The number of benzene rings is 5. The number of alkyl halides is 1. The molecule has 0 fully saturated rings. The molecule has 4 heteroatoms. The van der Waals surface area contributed by atoms with Crippen LogP contribution in [0.4, 0.5) is 4.39 Å². The van der Waals surface area contributed by atoms with Gasteiger partial charge < -0.3 is 0 Å². The summed E-state index contributed by atoms with van der Waals surface area (Å²) in [4.78, 5) is 0. The van der Waals surface area contributed by atoms with E-state index in [1.807, 2.05) is 30.3 Å². The fraction of sp³-hybridized carbons (Fsp3) is 0.0606. The number of nitrogens with zero attached hydrogens (tertiary/aromatic N) is 2. The summed E-state index contributed by atoms with van der Waals surface area (Å²) in [6.07, 6.45) is 0. The van der Waals surface area contributed by atoms with Gasteiger partial charge in [-0.2, -0.15) is 5.10 Å². The molecule has 0 N–H and O–H groups in total. The van der Waals surface area contributed by atoms with Gasteiger partial charge in [-0.15, -0.1) is 11.6 Å². The van der Waals surface area contributed by atoms with Crippen molar-refractivity contribution in [3.8, 4) is 11.3 Å². The highest BCUT2D eigenvalue weighted by atomic mass is 35.5. The van der Waals surface area contributed by atoms with E-state index in [9.17, 15) is 4.39 Å². The highest BCUT2D eigenvalue weighted by Crippen LogP contribution is 2.44. The molecule has 37 heavy (non-hydrogen) atoms. The van der Waals surface area contributed by atoms with E-state index in [4.69, 9.17) is 16.7 Å². The monoisotopic (exact) mass is 502 g/mol. The number of rotatable bonds is 6. The van der Waals surface area contributed by atoms with Gasteiger partial charge in [-0.25, -0.2) is 9.07 Å². The van der Waals surface area contributed by atoms with Crippen LogP contribution in [0.2, 0.25) is 0 Å². The highest BCUT2D eigenvalue weighted by Gasteiger charge is 2.41. The lowest BCUT2D eigenvalue weighted by Gasteiger charge is -2.37. The lowest BCUT2D eigenvalue weighted by Crippen LogP contribution is -2.38. The van der Waals surface area contributed by atoms with E-state index < -0.39 is 5.54 Å². The Morgan fingerprint density at radius 1 is 0.649 bits per heavy atom. The molecular weight excluding hydrogens is 479 g/mol. The van der Waals surface area contributed by atoms with E-state index in [2.05, 4.69) is 89.6 Å². The van der Waals surface area contributed by atoms with Crippen molar-refractivity contribution in [2.75, 3.05) is 0 Å². The molecule has 0 atom stereocenters. The molecule has 5 aromatic carbocycles. The maximum absolute atomic E-state index is 14.4. The zero-order valence-corrected chi connectivity index (χ0v) is 20.8. The molecule has 0 unspecified atom stereocenters. The number of hydrogen-bond acceptors (Lipinski definition) is 1. The zero-order valence-electron chi connectivity index (χ0n) is 20.1. The fourth-order valence-corrected chi connectivity index (χ4v) is 5.42. The molecule has 180 valence electrons. The summed E-state index contributed by atoms with van der Waals surface area (Å²) in [6.45, 7) is 0. The van der Waals surface area contributed by atoms with Crippen LogP contribution in [-0.4, -0.2) is 9.78 Å². The highest BCUT2D eigenvalue weighted by molar-refractivity contribution is 6.17. The van der Waals surface area contributed by atoms with Crippen LogP contribution in [0.1, 0.15) is 22.3 Å². The molecule has 0 amide bonds. The third-order valence-corrected chi connectivity index (χ3v) is 7.20. The van der Waals surface area contributed by atoms with Gasteiger partial charge >= 0.3 is 0 Å². The molecule has 6 aromatic rings. The Labute approximate surface area is 220 Å². The Bertz CT molecular complexity index is 1560. The van der Waals surface area contributed by atoms with Crippen molar-refractivity contribution in [2.24, 2.45) is 0 Å². The van der Waals surface area contributed by atoms with Crippen LogP contribution in [0.5, 0.6) is 0 Å². The van der Waals surface area contributed by atoms with Crippen LogP contribution < -0.4 is 0 Å². The SMILES string of the molecule is Fc1cccc(-c2nn(C(c3ccccc3)(c3ccccc3)c3ccccc3)c3ccc(CCl)cc23)c1. The Morgan fingerprint density at radius 3 is 1.73 bits per heavy atom.